The van der Waals surface area contributed by atoms with Crippen LogP contribution in [0.5, 0.6) is 0 Å². The maximum Gasteiger partial charge on any atom is 0.314 e. The fraction of sp³-hybridized carbons (Fsp3) is 0.857. The van der Waals surface area contributed by atoms with Gasteiger partial charge in [0.1, 0.15) is 0 Å². The van der Waals surface area contributed by atoms with E-state index < -0.39 is 0 Å². The summed E-state index contributed by atoms with van der Waals surface area (Å²) in [4.78, 5) is 22.6. The van der Waals surface area contributed by atoms with Crippen LogP contribution in [0, 0.1) is 5.92 Å². The fourth-order valence-corrected chi connectivity index (χ4v) is 2.39. The van der Waals surface area contributed by atoms with Gasteiger partial charge in [0.2, 0.25) is 0 Å². The Morgan fingerprint density at radius 1 is 0.900 bits per heavy atom. The molecule has 20 heavy (non-hydrogen) atoms. The van der Waals surface area contributed by atoms with Gasteiger partial charge in [-0.05, 0) is 38.5 Å². The van der Waals surface area contributed by atoms with Gasteiger partial charge >= 0.3 is 12.1 Å². The van der Waals surface area contributed by atoms with E-state index in [2.05, 4.69) is 21.3 Å². The van der Waals surface area contributed by atoms with Crippen LogP contribution in [0.1, 0.15) is 45.4 Å². The SMILES string of the molecule is CCNC(=O)NCCCCNC(=O)NCC1CCCC1. The molecule has 1 saturated carbocycles. The highest BCUT2D eigenvalue weighted by Gasteiger charge is 2.15. The first kappa shape index (κ1) is 16.6. The predicted octanol–water partition coefficient (Wildman–Crippen LogP) is 1.58. The van der Waals surface area contributed by atoms with Crippen molar-refractivity contribution in [1.82, 2.24) is 21.3 Å². The van der Waals surface area contributed by atoms with Gasteiger partial charge in [0.15, 0.2) is 0 Å². The topological polar surface area (TPSA) is 82.3 Å². The molecule has 116 valence electrons. The normalized spacial score (nSPS) is 14.8. The molecular formula is C14H28N4O2. The lowest BCUT2D eigenvalue weighted by Gasteiger charge is -2.11. The molecular weight excluding hydrogens is 256 g/mol. The number of unbranched alkanes of at least 4 members (excludes halogenated alkanes) is 1. The van der Waals surface area contributed by atoms with Crippen LogP contribution < -0.4 is 21.3 Å². The largest absolute Gasteiger partial charge is 0.338 e. The summed E-state index contributed by atoms with van der Waals surface area (Å²) in [6.07, 6.45) is 6.81. The van der Waals surface area contributed by atoms with Crippen molar-refractivity contribution in [2.24, 2.45) is 5.92 Å². The van der Waals surface area contributed by atoms with Gasteiger partial charge in [-0.25, -0.2) is 9.59 Å². The Morgan fingerprint density at radius 2 is 1.45 bits per heavy atom. The number of hydrogen-bond donors (Lipinski definition) is 4. The Morgan fingerprint density at radius 3 is 2.00 bits per heavy atom. The van der Waals surface area contributed by atoms with Crippen LogP contribution in [-0.2, 0) is 0 Å². The second-order valence-corrected chi connectivity index (χ2v) is 5.28. The molecule has 4 amide bonds. The van der Waals surface area contributed by atoms with Gasteiger partial charge in [0.05, 0.1) is 0 Å². The van der Waals surface area contributed by atoms with E-state index in [1.54, 1.807) is 0 Å². The summed E-state index contributed by atoms with van der Waals surface area (Å²) >= 11 is 0. The zero-order valence-electron chi connectivity index (χ0n) is 12.5. The van der Waals surface area contributed by atoms with Gasteiger partial charge in [-0.1, -0.05) is 12.8 Å². The van der Waals surface area contributed by atoms with Crippen LogP contribution in [0.3, 0.4) is 0 Å². The third kappa shape index (κ3) is 7.86. The smallest absolute Gasteiger partial charge is 0.314 e. The highest BCUT2D eigenvalue weighted by Crippen LogP contribution is 2.23. The lowest BCUT2D eigenvalue weighted by Crippen LogP contribution is -2.39. The molecule has 0 heterocycles. The summed E-state index contributed by atoms with van der Waals surface area (Å²) in [7, 11) is 0. The molecule has 0 aromatic heterocycles. The lowest BCUT2D eigenvalue weighted by atomic mass is 10.1. The molecule has 1 rings (SSSR count). The average molecular weight is 284 g/mol. The van der Waals surface area contributed by atoms with Crippen molar-refractivity contribution in [1.29, 1.82) is 0 Å². The Bertz CT molecular complexity index is 291. The molecule has 6 heteroatoms. The van der Waals surface area contributed by atoms with E-state index in [1.165, 1.54) is 25.7 Å². The Balaban J connectivity index is 1.87. The number of hydrogen-bond acceptors (Lipinski definition) is 2. The number of rotatable bonds is 8. The zero-order valence-corrected chi connectivity index (χ0v) is 12.5. The number of amides is 4. The molecule has 0 aromatic carbocycles. The third-order valence-electron chi connectivity index (χ3n) is 3.54. The molecule has 0 aliphatic heterocycles. The number of urea groups is 2. The van der Waals surface area contributed by atoms with Crippen LogP contribution in [0.4, 0.5) is 9.59 Å². The van der Waals surface area contributed by atoms with Crippen molar-refractivity contribution in [3.05, 3.63) is 0 Å². The molecule has 0 spiro atoms. The van der Waals surface area contributed by atoms with E-state index in [4.69, 9.17) is 0 Å². The van der Waals surface area contributed by atoms with Gasteiger partial charge in [0, 0.05) is 26.2 Å². The maximum atomic E-state index is 11.5. The Hall–Kier alpha value is -1.46. The van der Waals surface area contributed by atoms with E-state index in [0.717, 1.165) is 19.4 Å². The van der Waals surface area contributed by atoms with Crippen LogP contribution in [0.25, 0.3) is 0 Å². The van der Waals surface area contributed by atoms with Crippen LogP contribution in [-0.4, -0.2) is 38.2 Å². The summed E-state index contributed by atoms with van der Waals surface area (Å²) in [5.74, 6) is 0.669. The van der Waals surface area contributed by atoms with E-state index in [0.29, 0.717) is 25.6 Å². The highest BCUT2D eigenvalue weighted by atomic mass is 16.2. The van der Waals surface area contributed by atoms with Crippen molar-refractivity contribution in [2.75, 3.05) is 26.2 Å². The van der Waals surface area contributed by atoms with E-state index in [-0.39, 0.29) is 12.1 Å². The summed E-state index contributed by atoms with van der Waals surface area (Å²) in [6.45, 7) is 4.59. The molecule has 0 atom stereocenters. The van der Waals surface area contributed by atoms with Crippen molar-refractivity contribution in [3.8, 4) is 0 Å². The molecule has 0 saturated heterocycles. The molecule has 6 nitrogen and oxygen atoms in total. The Kier molecular flexibility index (Phi) is 8.58. The summed E-state index contributed by atoms with van der Waals surface area (Å²) < 4.78 is 0. The summed E-state index contributed by atoms with van der Waals surface area (Å²) in [5, 5.41) is 11.2. The molecule has 1 fully saturated rings. The molecule has 0 aromatic rings. The second-order valence-electron chi connectivity index (χ2n) is 5.28. The minimum Gasteiger partial charge on any atom is -0.338 e. The standard InChI is InChI=1S/C14H28N4O2/c1-2-15-13(19)16-9-5-6-10-17-14(20)18-11-12-7-3-4-8-12/h12H,2-11H2,1H3,(H2,15,16,19)(H2,17,18,20). The molecule has 1 aliphatic rings. The Labute approximate surface area is 121 Å². The molecule has 1 aliphatic carbocycles. The van der Waals surface area contributed by atoms with Gasteiger partial charge in [0.25, 0.3) is 0 Å². The monoisotopic (exact) mass is 284 g/mol. The quantitative estimate of drug-likeness (QED) is 0.510. The van der Waals surface area contributed by atoms with Crippen molar-refractivity contribution in [2.45, 2.75) is 45.4 Å². The molecule has 4 N–H and O–H groups in total. The van der Waals surface area contributed by atoms with E-state index in [1.807, 2.05) is 6.92 Å². The molecule has 0 unspecified atom stereocenters. The second kappa shape index (κ2) is 10.3. The fourth-order valence-electron chi connectivity index (χ4n) is 2.39. The van der Waals surface area contributed by atoms with Crippen LogP contribution >= 0.6 is 0 Å². The number of carbonyl (C=O) groups is 2. The van der Waals surface area contributed by atoms with Gasteiger partial charge in [-0.3, -0.25) is 0 Å². The van der Waals surface area contributed by atoms with Crippen molar-refractivity contribution in [3.63, 3.8) is 0 Å². The number of carbonyl (C=O) groups excluding carboxylic acids is 2. The maximum absolute atomic E-state index is 11.5. The van der Waals surface area contributed by atoms with Gasteiger partial charge in [-0.15, -0.1) is 0 Å². The lowest BCUT2D eigenvalue weighted by molar-refractivity contribution is 0.237. The minimum absolute atomic E-state index is 0.0754. The van der Waals surface area contributed by atoms with Crippen molar-refractivity contribution >= 4 is 12.1 Å². The van der Waals surface area contributed by atoms with Crippen molar-refractivity contribution < 1.29 is 9.59 Å². The first-order valence-corrected chi connectivity index (χ1v) is 7.75. The predicted molar refractivity (Wildman–Crippen MR) is 79.7 cm³/mol. The minimum atomic E-state index is -0.130. The summed E-state index contributed by atoms with van der Waals surface area (Å²) in [6, 6.07) is -0.205. The zero-order chi connectivity index (χ0) is 14.6. The van der Waals surface area contributed by atoms with E-state index >= 15 is 0 Å². The molecule has 0 bridgehead atoms. The van der Waals surface area contributed by atoms with Gasteiger partial charge in [-0.2, -0.15) is 0 Å². The van der Waals surface area contributed by atoms with E-state index in [9.17, 15) is 9.59 Å². The highest BCUT2D eigenvalue weighted by molar-refractivity contribution is 5.74. The average Bonchev–Trinajstić information content (AvgIpc) is 2.94. The van der Waals surface area contributed by atoms with Crippen LogP contribution in [0.2, 0.25) is 0 Å². The first-order valence-electron chi connectivity index (χ1n) is 7.75. The summed E-state index contributed by atoms with van der Waals surface area (Å²) in [5.41, 5.74) is 0. The van der Waals surface area contributed by atoms with Gasteiger partial charge < -0.3 is 21.3 Å². The first-order chi connectivity index (χ1) is 9.72. The third-order valence-corrected chi connectivity index (χ3v) is 3.54. The molecule has 0 radical (unpaired) electrons. The number of nitrogens with one attached hydrogen (secondary N) is 4. The van der Waals surface area contributed by atoms with Crippen LogP contribution in [0.15, 0.2) is 0 Å².